The lowest BCUT2D eigenvalue weighted by Crippen LogP contribution is -2.14. The first-order valence-corrected chi connectivity index (χ1v) is 7.01. The monoisotopic (exact) mass is 265 g/mol. The number of aryl methyl sites for hydroxylation is 2. The van der Waals surface area contributed by atoms with Crippen LogP contribution in [0.1, 0.15) is 17.0 Å². The van der Waals surface area contributed by atoms with Gasteiger partial charge >= 0.3 is 0 Å². The van der Waals surface area contributed by atoms with Crippen LogP contribution in [0.5, 0.6) is 0 Å². The van der Waals surface area contributed by atoms with Crippen molar-refractivity contribution in [1.82, 2.24) is 9.78 Å². The normalized spacial score (nSPS) is 11.8. The molecule has 0 aliphatic heterocycles. The minimum atomic E-state index is -3.74. The minimum Gasteiger partial charge on any atom is -0.236 e. The molecule has 0 aliphatic carbocycles. The highest BCUT2D eigenvalue weighted by molar-refractivity contribution is 7.89. The first-order valence-electron chi connectivity index (χ1n) is 5.47. The second kappa shape index (κ2) is 4.22. The van der Waals surface area contributed by atoms with Crippen molar-refractivity contribution in [2.45, 2.75) is 25.7 Å². The van der Waals surface area contributed by atoms with Gasteiger partial charge in [0.1, 0.15) is 4.90 Å². The molecule has 18 heavy (non-hydrogen) atoms. The Morgan fingerprint density at radius 1 is 1.22 bits per heavy atom. The van der Waals surface area contributed by atoms with E-state index in [1.165, 1.54) is 0 Å². The average Bonchev–Trinajstić information content (AvgIpc) is 2.53. The van der Waals surface area contributed by atoms with Crippen LogP contribution in [-0.2, 0) is 10.0 Å². The number of sulfonamides is 1. The molecule has 0 fully saturated rings. The molecular formula is C12H15N3O2S. The maximum Gasteiger partial charge on any atom is 0.241 e. The van der Waals surface area contributed by atoms with E-state index in [1.54, 1.807) is 18.5 Å². The lowest BCUT2D eigenvalue weighted by molar-refractivity contribution is 0.596. The van der Waals surface area contributed by atoms with Gasteiger partial charge in [0.15, 0.2) is 0 Å². The van der Waals surface area contributed by atoms with Gasteiger partial charge in [0.2, 0.25) is 10.0 Å². The molecule has 0 unspecified atom stereocenters. The van der Waals surface area contributed by atoms with Crippen LogP contribution in [0.3, 0.4) is 0 Å². The molecule has 1 aromatic heterocycles. The third kappa shape index (κ3) is 2.16. The topological polar surface area (TPSA) is 78.0 Å². The Kier molecular flexibility index (Phi) is 3.00. The molecule has 0 saturated heterocycles. The van der Waals surface area contributed by atoms with Crippen LogP contribution < -0.4 is 5.14 Å². The second-order valence-corrected chi connectivity index (χ2v) is 5.79. The van der Waals surface area contributed by atoms with Gasteiger partial charge in [-0.1, -0.05) is 12.1 Å². The summed E-state index contributed by atoms with van der Waals surface area (Å²) in [5, 5.41) is 9.44. The zero-order valence-electron chi connectivity index (χ0n) is 10.5. The fraction of sp³-hybridized carbons (Fsp3) is 0.250. The summed E-state index contributed by atoms with van der Waals surface area (Å²) < 4.78 is 24.6. The molecule has 96 valence electrons. The lowest BCUT2D eigenvalue weighted by Gasteiger charge is -2.05. The van der Waals surface area contributed by atoms with Gasteiger partial charge < -0.3 is 0 Å². The molecule has 6 heteroatoms. The molecule has 2 rings (SSSR count). The van der Waals surface area contributed by atoms with E-state index in [9.17, 15) is 8.42 Å². The number of nitrogens with two attached hydrogens (primary N) is 1. The highest BCUT2D eigenvalue weighted by Crippen LogP contribution is 2.21. The number of benzene rings is 1. The Morgan fingerprint density at radius 2 is 1.89 bits per heavy atom. The van der Waals surface area contributed by atoms with Crippen LogP contribution in [0.2, 0.25) is 0 Å². The number of hydrogen-bond donors (Lipinski definition) is 1. The molecule has 1 aromatic carbocycles. The van der Waals surface area contributed by atoms with E-state index in [0.29, 0.717) is 11.4 Å². The first-order chi connectivity index (χ1) is 8.30. The van der Waals surface area contributed by atoms with Gasteiger partial charge in [-0.25, -0.2) is 18.2 Å². The summed E-state index contributed by atoms with van der Waals surface area (Å²) in [6, 6.07) is 7.68. The number of primary sulfonamides is 1. The lowest BCUT2D eigenvalue weighted by atomic mass is 10.2. The van der Waals surface area contributed by atoms with Crippen molar-refractivity contribution < 1.29 is 8.42 Å². The summed E-state index contributed by atoms with van der Waals surface area (Å²) >= 11 is 0. The van der Waals surface area contributed by atoms with Crippen LogP contribution >= 0.6 is 0 Å². The maximum absolute atomic E-state index is 11.5. The first kappa shape index (κ1) is 12.8. The second-order valence-electron chi connectivity index (χ2n) is 4.30. The molecule has 2 aromatic rings. The van der Waals surface area contributed by atoms with Crippen molar-refractivity contribution in [2.24, 2.45) is 5.14 Å². The zero-order chi connectivity index (χ0) is 13.5. The van der Waals surface area contributed by atoms with Crippen LogP contribution in [-0.4, -0.2) is 18.2 Å². The van der Waals surface area contributed by atoms with Crippen LogP contribution in [0.4, 0.5) is 0 Å². The van der Waals surface area contributed by atoms with Gasteiger partial charge in [0, 0.05) is 0 Å². The zero-order valence-corrected chi connectivity index (χ0v) is 11.3. The van der Waals surface area contributed by atoms with Crippen molar-refractivity contribution in [3.05, 3.63) is 41.2 Å². The van der Waals surface area contributed by atoms with Crippen molar-refractivity contribution >= 4 is 10.0 Å². The third-order valence-corrected chi connectivity index (χ3v) is 3.92. The fourth-order valence-corrected chi connectivity index (χ4v) is 3.00. The molecule has 0 saturated carbocycles. The average molecular weight is 265 g/mol. The van der Waals surface area contributed by atoms with Crippen LogP contribution in [0.25, 0.3) is 5.69 Å². The summed E-state index contributed by atoms with van der Waals surface area (Å²) in [6.07, 6.45) is 0. The summed E-state index contributed by atoms with van der Waals surface area (Å²) in [6.45, 7) is 5.30. The van der Waals surface area contributed by atoms with Crippen molar-refractivity contribution in [3.8, 4) is 5.69 Å². The highest BCUT2D eigenvalue weighted by atomic mass is 32.2. The van der Waals surface area contributed by atoms with E-state index < -0.39 is 10.0 Å². The predicted molar refractivity (Wildman–Crippen MR) is 69.1 cm³/mol. The van der Waals surface area contributed by atoms with Gasteiger partial charge in [-0.3, -0.25) is 0 Å². The number of aromatic nitrogens is 2. The molecule has 0 radical (unpaired) electrons. The SMILES string of the molecule is Cc1cccc(-n2nc(C)c(S(N)(=O)=O)c2C)c1. The van der Waals surface area contributed by atoms with E-state index in [-0.39, 0.29) is 4.90 Å². The summed E-state index contributed by atoms with van der Waals surface area (Å²) in [4.78, 5) is 0.101. The molecule has 0 aliphatic rings. The summed E-state index contributed by atoms with van der Waals surface area (Å²) in [5.41, 5.74) is 2.85. The number of rotatable bonds is 2. The minimum absolute atomic E-state index is 0.101. The van der Waals surface area contributed by atoms with Crippen molar-refractivity contribution in [3.63, 3.8) is 0 Å². The Labute approximate surface area is 106 Å². The van der Waals surface area contributed by atoms with E-state index in [2.05, 4.69) is 5.10 Å². The molecule has 1 heterocycles. The predicted octanol–water partition coefficient (Wildman–Crippen LogP) is 1.44. The van der Waals surface area contributed by atoms with Gasteiger partial charge in [-0.15, -0.1) is 0 Å². The molecular weight excluding hydrogens is 250 g/mol. The van der Waals surface area contributed by atoms with Crippen LogP contribution in [0.15, 0.2) is 29.2 Å². The number of nitrogens with zero attached hydrogens (tertiary/aromatic N) is 2. The van der Waals surface area contributed by atoms with E-state index in [1.807, 2.05) is 31.2 Å². The quantitative estimate of drug-likeness (QED) is 0.892. The largest absolute Gasteiger partial charge is 0.241 e. The molecule has 0 atom stereocenters. The van der Waals surface area contributed by atoms with Crippen molar-refractivity contribution in [1.29, 1.82) is 0 Å². The van der Waals surface area contributed by atoms with E-state index >= 15 is 0 Å². The van der Waals surface area contributed by atoms with Gasteiger partial charge in [0.25, 0.3) is 0 Å². The van der Waals surface area contributed by atoms with Gasteiger partial charge in [0.05, 0.1) is 17.1 Å². The Bertz CT molecular complexity index is 702. The fourth-order valence-electron chi connectivity index (χ4n) is 2.05. The Balaban J connectivity index is 2.69. The summed E-state index contributed by atoms with van der Waals surface area (Å²) in [7, 11) is -3.74. The van der Waals surface area contributed by atoms with Gasteiger partial charge in [-0.05, 0) is 38.5 Å². The standard InChI is InChI=1S/C12H15N3O2S/c1-8-5-4-6-11(7-8)15-10(3)12(9(2)14-15)18(13,16)17/h4-7H,1-3H3,(H2,13,16,17). The summed E-state index contributed by atoms with van der Waals surface area (Å²) in [5.74, 6) is 0. The third-order valence-electron chi connectivity index (χ3n) is 2.76. The molecule has 5 nitrogen and oxygen atoms in total. The smallest absolute Gasteiger partial charge is 0.236 e. The van der Waals surface area contributed by atoms with Gasteiger partial charge in [-0.2, -0.15) is 5.10 Å². The maximum atomic E-state index is 11.5. The van der Waals surface area contributed by atoms with Crippen molar-refractivity contribution in [2.75, 3.05) is 0 Å². The highest BCUT2D eigenvalue weighted by Gasteiger charge is 2.21. The molecule has 0 bridgehead atoms. The molecule has 2 N–H and O–H groups in total. The number of hydrogen-bond acceptors (Lipinski definition) is 3. The van der Waals surface area contributed by atoms with Crippen LogP contribution in [0, 0.1) is 20.8 Å². The van der Waals surface area contributed by atoms with E-state index in [4.69, 9.17) is 5.14 Å². The molecule has 0 amide bonds. The molecule has 0 spiro atoms. The Morgan fingerprint density at radius 3 is 2.39 bits per heavy atom. The van der Waals surface area contributed by atoms with E-state index in [0.717, 1.165) is 11.3 Å². The Hall–Kier alpha value is -1.66.